The van der Waals surface area contributed by atoms with E-state index in [9.17, 15) is 10.1 Å². The van der Waals surface area contributed by atoms with Gasteiger partial charge in [-0.25, -0.2) is 0 Å². The van der Waals surface area contributed by atoms with E-state index in [0.717, 1.165) is 17.7 Å². The summed E-state index contributed by atoms with van der Waals surface area (Å²) in [4.78, 5) is 10.6. The van der Waals surface area contributed by atoms with E-state index in [1.165, 1.54) is 12.8 Å². The lowest BCUT2D eigenvalue weighted by molar-refractivity contribution is -0.385. The molecule has 0 atom stereocenters. The van der Waals surface area contributed by atoms with Crippen LogP contribution in [0.3, 0.4) is 0 Å². The van der Waals surface area contributed by atoms with Gasteiger partial charge in [-0.3, -0.25) is 10.1 Å². The molecule has 1 aromatic rings. The molecule has 0 heterocycles. The average Bonchev–Trinajstić information content (AvgIpc) is 3.12. The van der Waals surface area contributed by atoms with Gasteiger partial charge in [0, 0.05) is 24.7 Å². The van der Waals surface area contributed by atoms with Crippen LogP contribution in [0, 0.1) is 28.4 Å². The van der Waals surface area contributed by atoms with Crippen molar-refractivity contribution in [1.29, 1.82) is 0 Å². The SMILES string of the molecule is Cc1c(CNCC2(C(C)C)CC2)cccc1[N+](=O)[O-]. The van der Waals surface area contributed by atoms with E-state index < -0.39 is 0 Å². The van der Waals surface area contributed by atoms with Crippen molar-refractivity contribution < 1.29 is 4.92 Å². The molecule has 19 heavy (non-hydrogen) atoms. The molecule has 0 saturated heterocycles. The van der Waals surface area contributed by atoms with Crippen molar-refractivity contribution in [1.82, 2.24) is 5.32 Å². The molecule has 1 saturated carbocycles. The van der Waals surface area contributed by atoms with Gasteiger partial charge in [-0.15, -0.1) is 0 Å². The van der Waals surface area contributed by atoms with Crippen molar-refractivity contribution in [3.8, 4) is 0 Å². The maximum atomic E-state index is 10.9. The molecule has 0 radical (unpaired) electrons. The molecule has 1 N–H and O–H groups in total. The Balaban J connectivity index is 1.97. The molecule has 4 nitrogen and oxygen atoms in total. The number of nitrogens with zero attached hydrogens (tertiary/aromatic N) is 1. The van der Waals surface area contributed by atoms with E-state index in [1.54, 1.807) is 12.1 Å². The van der Waals surface area contributed by atoms with Crippen molar-refractivity contribution in [2.45, 2.75) is 40.2 Å². The number of benzene rings is 1. The molecule has 0 amide bonds. The zero-order chi connectivity index (χ0) is 14.0. The summed E-state index contributed by atoms with van der Waals surface area (Å²) in [5.74, 6) is 0.700. The number of hydrogen-bond donors (Lipinski definition) is 1. The highest BCUT2D eigenvalue weighted by Crippen LogP contribution is 2.51. The topological polar surface area (TPSA) is 55.2 Å². The van der Waals surface area contributed by atoms with E-state index in [-0.39, 0.29) is 10.6 Å². The highest BCUT2D eigenvalue weighted by molar-refractivity contribution is 5.44. The molecule has 1 aliphatic carbocycles. The van der Waals surface area contributed by atoms with Crippen molar-refractivity contribution in [3.63, 3.8) is 0 Å². The summed E-state index contributed by atoms with van der Waals surface area (Å²) in [6.45, 7) is 8.08. The lowest BCUT2D eigenvalue weighted by atomic mass is 9.92. The molecule has 0 aromatic heterocycles. The van der Waals surface area contributed by atoms with Crippen molar-refractivity contribution in [2.75, 3.05) is 6.54 Å². The van der Waals surface area contributed by atoms with Gasteiger partial charge >= 0.3 is 0 Å². The summed E-state index contributed by atoms with van der Waals surface area (Å²) in [6, 6.07) is 5.29. The van der Waals surface area contributed by atoms with E-state index in [1.807, 2.05) is 13.0 Å². The van der Waals surface area contributed by atoms with Gasteiger partial charge in [0.15, 0.2) is 0 Å². The fourth-order valence-electron chi connectivity index (χ4n) is 2.62. The second kappa shape index (κ2) is 5.29. The quantitative estimate of drug-likeness (QED) is 0.631. The van der Waals surface area contributed by atoms with Crippen molar-refractivity contribution in [3.05, 3.63) is 39.4 Å². The summed E-state index contributed by atoms with van der Waals surface area (Å²) in [7, 11) is 0. The Morgan fingerprint density at radius 2 is 2.11 bits per heavy atom. The van der Waals surface area contributed by atoms with Crippen LogP contribution in [0.25, 0.3) is 0 Å². The van der Waals surface area contributed by atoms with Crippen LogP contribution >= 0.6 is 0 Å². The normalized spacial score (nSPS) is 16.6. The first-order valence-corrected chi connectivity index (χ1v) is 6.90. The first-order chi connectivity index (χ1) is 8.96. The third-order valence-electron chi connectivity index (χ3n) is 4.52. The van der Waals surface area contributed by atoms with Gasteiger partial charge in [-0.2, -0.15) is 0 Å². The predicted molar refractivity (Wildman–Crippen MR) is 76.0 cm³/mol. The molecule has 0 bridgehead atoms. The first kappa shape index (κ1) is 14.0. The Morgan fingerprint density at radius 1 is 1.42 bits per heavy atom. The summed E-state index contributed by atoms with van der Waals surface area (Å²) in [6.07, 6.45) is 2.59. The largest absolute Gasteiger partial charge is 0.312 e. The minimum Gasteiger partial charge on any atom is -0.312 e. The van der Waals surface area contributed by atoms with Crippen LogP contribution in [0.4, 0.5) is 5.69 Å². The summed E-state index contributed by atoms with van der Waals surface area (Å²) >= 11 is 0. The summed E-state index contributed by atoms with van der Waals surface area (Å²) < 4.78 is 0. The van der Waals surface area contributed by atoms with E-state index in [2.05, 4.69) is 19.2 Å². The summed E-state index contributed by atoms with van der Waals surface area (Å²) in [5.41, 5.74) is 2.47. The Labute approximate surface area is 114 Å². The molecule has 1 fully saturated rings. The molecule has 0 spiro atoms. The molecular weight excluding hydrogens is 240 g/mol. The molecule has 0 unspecified atom stereocenters. The average molecular weight is 262 g/mol. The van der Waals surface area contributed by atoms with Gasteiger partial charge in [0.05, 0.1) is 4.92 Å². The summed E-state index contributed by atoms with van der Waals surface area (Å²) in [5, 5.41) is 14.4. The van der Waals surface area contributed by atoms with Crippen LogP contribution in [0.1, 0.15) is 37.8 Å². The van der Waals surface area contributed by atoms with Gasteiger partial charge in [0.1, 0.15) is 0 Å². The second-order valence-electron chi connectivity index (χ2n) is 5.94. The zero-order valence-corrected chi connectivity index (χ0v) is 11.9. The predicted octanol–water partition coefficient (Wildman–Crippen LogP) is 3.43. The molecule has 4 heteroatoms. The van der Waals surface area contributed by atoms with Gasteiger partial charge in [-0.05, 0) is 36.7 Å². The maximum absolute atomic E-state index is 10.9. The Bertz CT molecular complexity index is 479. The van der Waals surface area contributed by atoms with Crippen LogP contribution in [-0.4, -0.2) is 11.5 Å². The van der Waals surface area contributed by atoms with E-state index in [4.69, 9.17) is 0 Å². The molecule has 104 valence electrons. The van der Waals surface area contributed by atoms with Crippen LogP contribution < -0.4 is 5.32 Å². The lowest BCUT2D eigenvalue weighted by Crippen LogP contribution is -2.27. The van der Waals surface area contributed by atoms with Gasteiger partial charge in [0.2, 0.25) is 0 Å². The minimum atomic E-state index is -0.310. The smallest absolute Gasteiger partial charge is 0.272 e. The van der Waals surface area contributed by atoms with Gasteiger partial charge in [0.25, 0.3) is 5.69 Å². The third-order valence-corrected chi connectivity index (χ3v) is 4.52. The number of nitro benzene ring substituents is 1. The molecule has 1 aliphatic rings. The molecule has 2 rings (SSSR count). The van der Waals surface area contributed by atoms with Crippen molar-refractivity contribution >= 4 is 5.69 Å². The fourth-order valence-corrected chi connectivity index (χ4v) is 2.62. The van der Waals surface area contributed by atoms with Crippen LogP contribution in [-0.2, 0) is 6.54 Å². The number of nitro groups is 1. The molecular formula is C15H22N2O2. The van der Waals surface area contributed by atoms with Crippen LogP contribution in [0.2, 0.25) is 0 Å². The Morgan fingerprint density at radius 3 is 2.63 bits per heavy atom. The highest BCUT2D eigenvalue weighted by Gasteiger charge is 2.44. The molecule has 1 aromatic carbocycles. The first-order valence-electron chi connectivity index (χ1n) is 6.90. The fraction of sp³-hybridized carbons (Fsp3) is 0.600. The monoisotopic (exact) mass is 262 g/mol. The number of rotatable bonds is 6. The van der Waals surface area contributed by atoms with Crippen molar-refractivity contribution in [2.24, 2.45) is 11.3 Å². The van der Waals surface area contributed by atoms with E-state index in [0.29, 0.717) is 17.9 Å². The second-order valence-corrected chi connectivity index (χ2v) is 5.94. The number of nitrogens with one attached hydrogen (secondary N) is 1. The maximum Gasteiger partial charge on any atom is 0.272 e. The highest BCUT2D eigenvalue weighted by atomic mass is 16.6. The van der Waals surface area contributed by atoms with Gasteiger partial charge < -0.3 is 5.32 Å². The zero-order valence-electron chi connectivity index (χ0n) is 11.9. The third kappa shape index (κ3) is 2.95. The van der Waals surface area contributed by atoms with Crippen LogP contribution in [0.15, 0.2) is 18.2 Å². The Hall–Kier alpha value is -1.42. The lowest BCUT2D eigenvalue weighted by Gasteiger charge is -2.20. The van der Waals surface area contributed by atoms with E-state index >= 15 is 0 Å². The van der Waals surface area contributed by atoms with Crippen LogP contribution in [0.5, 0.6) is 0 Å². The Kier molecular flexibility index (Phi) is 3.90. The standard InChI is InChI=1S/C15H22N2O2/c1-11(2)15(7-8-15)10-16-9-13-5-4-6-14(12(13)3)17(18)19/h4-6,11,16H,7-10H2,1-3H3. The minimum absolute atomic E-state index is 0.212. The van der Waals surface area contributed by atoms with Gasteiger partial charge in [-0.1, -0.05) is 26.0 Å². The number of hydrogen-bond acceptors (Lipinski definition) is 3. The molecule has 0 aliphatic heterocycles.